The lowest BCUT2D eigenvalue weighted by atomic mass is 9.81. The smallest absolute Gasteiger partial charge is 0.257 e. The quantitative estimate of drug-likeness (QED) is 0.883. The third-order valence-corrected chi connectivity index (χ3v) is 6.13. The van der Waals surface area contributed by atoms with Gasteiger partial charge in [-0.05, 0) is 43.9 Å². The molecule has 1 aliphatic carbocycles. The summed E-state index contributed by atoms with van der Waals surface area (Å²) in [4.78, 5) is 14.9. The molecule has 28 heavy (non-hydrogen) atoms. The topological polar surface area (TPSA) is 50.8 Å². The van der Waals surface area contributed by atoms with Crippen LogP contribution in [0, 0.1) is 0 Å². The van der Waals surface area contributed by atoms with Gasteiger partial charge in [0.05, 0.1) is 12.7 Å². The molecule has 1 amide bonds. The Morgan fingerprint density at radius 3 is 2.64 bits per heavy atom. The lowest BCUT2D eigenvalue weighted by Crippen LogP contribution is -2.51. The van der Waals surface area contributed by atoms with E-state index >= 15 is 0 Å². The van der Waals surface area contributed by atoms with Gasteiger partial charge in [-0.1, -0.05) is 30.3 Å². The summed E-state index contributed by atoms with van der Waals surface area (Å²) in [5.74, 6) is 1.63. The van der Waals surface area contributed by atoms with Gasteiger partial charge in [0.15, 0.2) is 0 Å². The lowest BCUT2D eigenvalue weighted by molar-refractivity contribution is 0.0101. The van der Waals surface area contributed by atoms with Crippen molar-refractivity contribution in [1.29, 1.82) is 0 Å². The molecule has 5 heteroatoms. The van der Waals surface area contributed by atoms with E-state index in [0.29, 0.717) is 11.3 Å². The number of carbonyl (C=O) groups is 1. The number of carbonyl (C=O) groups excluding carboxylic acids is 1. The minimum Gasteiger partial charge on any atom is -0.496 e. The van der Waals surface area contributed by atoms with Crippen molar-refractivity contribution in [3.8, 4) is 11.5 Å². The summed E-state index contributed by atoms with van der Waals surface area (Å²) in [5.41, 5.74) is 1.65. The Morgan fingerprint density at radius 2 is 1.86 bits per heavy atom. The van der Waals surface area contributed by atoms with Crippen molar-refractivity contribution < 1.29 is 14.3 Å². The van der Waals surface area contributed by atoms with Crippen LogP contribution in [0.25, 0.3) is 0 Å². The first kappa shape index (κ1) is 18.8. The summed E-state index contributed by atoms with van der Waals surface area (Å²) in [6, 6.07) is 15.9. The van der Waals surface area contributed by atoms with Crippen molar-refractivity contribution in [1.82, 2.24) is 10.2 Å². The second-order valence-corrected chi connectivity index (χ2v) is 7.84. The molecule has 0 bridgehead atoms. The van der Waals surface area contributed by atoms with Crippen LogP contribution >= 0.6 is 0 Å². The highest BCUT2D eigenvalue weighted by molar-refractivity contribution is 5.97. The maximum Gasteiger partial charge on any atom is 0.257 e. The van der Waals surface area contributed by atoms with Gasteiger partial charge in [0.1, 0.15) is 17.1 Å². The number of nitrogens with zero attached hydrogens (tertiary/aromatic N) is 1. The maximum atomic E-state index is 13.0. The van der Waals surface area contributed by atoms with Gasteiger partial charge in [-0.15, -0.1) is 0 Å². The van der Waals surface area contributed by atoms with Crippen LogP contribution in [0.3, 0.4) is 0 Å². The summed E-state index contributed by atoms with van der Waals surface area (Å²) >= 11 is 0. The van der Waals surface area contributed by atoms with E-state index in [1.807, 2.05) is 42.3 Å². The SMILES string of the molecule is COc1ccccc1C(=O)N(C)C1CCC2(CC1)CNCc1ccccc1O2. The van der Waals surface area contributed by atoms with Crippen LogP contribution in [0.1, 0.15) is 41.6 Å². The molecule has 5 nitrogen and oxygen atoms in total. The Balaban J connectivity index is 1.44. The number of fused-ring (bicyclic) bond motifs is 1. The maximum absolute atomic E-state index is 13.0. The van der Waals surface area contributed by atoms with Gasteiger partial charge in [-0.3, -0.25) is 4.79 Å². The zero-order chi connectivity index (χ0) is 19.6. The number of hydrogen-bond donors (Lipinski definition) is 1. The average Bonchev–Trinajstić information content (AvgIpc) is 2.92. The molecule has 4 rings (SSSR count). The van der Waals surface area contributed by atoms with Gasteiger partial charge >= 0.3 is 0 Å². The monoisotopic (exact) mass is 380 g/mol. The largest absolute Gasteiger partial charge is 0.496 e. The molecule has 1 fully saturated rings. The number of benzene rings is 2. The highest BCUT2D eigenvalue weighted by Gasteiger charge is 2.40. The summed E-state index contributed by atoms with van der Waals surface area (Å²) in [5, 5.41) is 3.55. The number of methoxy groups -OCH3 is 1. The fourth-order valence-electron chi connectivity index (χ4n) is 4.42. The van der Waals surface area contributed by atoms with Crippen LogP contribution in [0.4, 0.5) is 0 Å². The molecule has 0 atom stereocenters. The molecule has 1 aliphatic heterocycles. The minimum atomic E-state index is -0.183. The molecule has 1 spiro atoms. The zero-order valence-electron chi connectivity index (χ0n) is 16.6. The van der Waals surface area contributed by atoms with Crippen LogP contribution in [0.5, 0.6) is 11.5 Å². The molecule has 2 aliphatic rings. The van der Waals surface area contributed by atoms with Crippen molar-refractivity contribution in [2.75, 3.05) is 20.7 Å². The second kappa shape index (κ2) is 7.84. The summed E-state index contributed by atoms with van der Waals surface area (Å²) in [6.07, 6.45) is 3.73. The van der Waals surface area contributed by atoms with E-state index < -0.39 is 0 Å². The van der Waals surface area contributed by atoms with Crippen LogP contribution in [-0.4, -0.2) is 43.2 Å². The molecular formula is C23H28N2O3. The summed E-state index contributed by atoms with van der Waals surface area (Å²) < 4.78 is 11.9. The number of hydrogen-bond acceptors (Lipinski definition) is 4. The van der Waals surface area contributed by atoms with Gasteiger partial charge in [-0.25, -0.2) is 0 Å². The Labute approximate surface area is 166 Å². The summed E-state index contributed by atoms with van der Waals surface area (Å²) in [7, 11) is 3.50. The van der Waals surface area contributed by atoms with Crippen molar-refractivity contribution in [2.45, 2.75) is 43.9 Å². The van der Waals surface area contributed by atoms with Crippen molar-refractivity contribution in [3.05, 3.63) is 59.7 Å². The van der Waals surface area contributed by atoms with Crippen molar-refractivity contribution in [3.63, 3.8) is 0 Å². The van der Waals surface area contributed by atoms with E-state index in [9.17, 15) is 4.79 Å². The van der Waals surface area contributed by atoms with Gasteiger partial charge in [0.2, 0.25) is 0 Å². The van der Waals surface area contributed by atoms with Gasteiger partial charge < -0.3 is 19.7 Å². The first-order valence-corrected chi connectivity index (χ1v) is 10.00. The summed E-state index contributed by atoms with van der Waals surface area (Å²) in [6.45, 7) is 1.69. The van der Waals surface area contributed by atoms with Crippen LogP contribution in [0.2, 0.25) is 0 Å². The van der Waals surface area contributed by atoms with Crippen molar-refractivity contribution >= 4 is 5.91 Å². The number of amides is 1. The van der Waals surface area contributed by atoms with Crippen LogP contribution in [-0.2, 0) is 6.54 Å². The third-order valence-electron chi connectivity index (χ3n) is 6.13. The van der Waals surface area contributed by atoms with Crippen molar-refractivity contribution in [2.24, 2.45) is 0 Å². The van der Waals surface area contributed by atoms with Gasteiger partial charge in [0, 0.05) is 31.7 Å². The molecular weight excluding hydrogens is 352 g/mol. The zero-order valence-corrected chi connectivity index (χ0v) is 16.6. The second-order valence-electron chi connectivity index (χ2n) is 7.84. The molecule has 2 aromatic carbocycles. The Morgan fingerprint density at radius 1 is 1.14 bits per heavy atom. The molecule has 1 heterocycles. The van der Waals surface area contributed by atoms with Crippen LogP contribution < -0.4 is 14.8 Å². The Hall–Kier alpha value is -2.53. The fourth-order valence-corrected chi connectivity index (χ4v) is 4.42. The molecule has 0 aromatic heterocycles. The first-order valence-electron chi connectivity index (χ1n) is 10.00. The molecule has 1 saturated carbocycles. The standard InChI is InChI=1S/C23H28N2O3/c1-25(22(26)19-8-4-6-10-21(19)27-2)18-11-13-23(14-12-18)16-24-15-17-7-3-5-9-20(17)28-23/h3-10,18,24H,11-16H2,1-2H3. The lowest BCUT2D eigenvalue weighted by Gasteiger charge is -2.42. The third kappa shape index (κ3) is 3.59. The van der Waals surface area contributed by atoms with Gasteiger partial charge in [-0.2, -0.15) is 0 Å². The highest BCUT2D eigenvalue weighted by atomic mass is 16.5. The van der Waals surface area contributed by atoms with E-state index in [2.05, 4.69) is 23.5 Å². The minimum absolute atomic E-state index is 0.0173. The Kier molecular flexibility index (Phi) is 5.27. The average molecular weight is 380 g/mol. The number of rotatable bonds is 3. The molecule has 0 saturated heterocycles. The predicted molar refractivity (Wildman–Crippen MR) is 109 cm³/mol. The van der Waals surface area contributed by atoms with Gasteiger partial charge in [0.25, 0.3) is 5.91 Å². The predicted octanol–water partition coefficient (Wildman–Crippen LogP) is 3.63. The molecule has 0 radical (unpaired) electrons. The van der Waals surface area contributed by atoms with E-state index in [4.69, 9.17) is 9.47 Å². The van der Waals surface area contributed by atoms with E-state index in [1.165, 1.54) is 5.56 Å². The molecule has 2 aromatic rings. The number of para-hydroxylation sites is 2. The Bertz CT molecular complexity index is 843. The normalized spacial score (nSPS) is 24.0. The molecule has 148 valence electrons. The van der Waals surface area contributed by atoms with Crippen LogP contribution in [0.15, 0.2) is 48.5 Å². The highest BCUT2D eigenvalue weighted by Crippen LogP contribution is 2.37. The number of nitrogens with one attached hydrogen (secondary N) is 1. The molecule has 0 unspecified atom stereocenters. The van der Waals surface area contributed by atoms with E-state index in [0.717, 1.165) is 44.5 Å². The van der Waals surface area contributed by atoms with E-state index in [-0.39, 0.29) is 17.6 Å². The fraction of sp³-hybridized carbons (Fsp3) is 0.435. The number of ether oxygens (including phenoxy) is 2. The molecule has 1 N–H and O–H groups in total. The first-order chi connectivity index (χ1) is 13.6. The van der Waals surface area contributed by atoms with E-state index in [1.54, 1.807) is 7.11 Å².